The number of nitrogens with one attached hydrogen (secondary N) is 2. The monoisotopic (exact) mass is 378 g/mol. The van der Waals surface area contributed by atoms with Gasteiger partial charge in [-0.15, -0.1) is 0 Å². The molecule has 0 aliphatic carbocycles. The van der Waals surface area contributed by atoms with Crippen molar-refractivity contribution in [3.63, 3.8) is 0 Å². The van der Waals surface area contributed by atoms with Gasteiger partial charge in [-0.3, -0.25) is 4.79 Å². The van der Waals surface area contributed by atoms with Gasteiger partial charge in [0.2, 0.25) is 10.0 Å². The highest BCUT2D eigenvalue weighted by atomic mass is 32.2. The lowest BCUT2D eigenvalue weighted by molar-refractivity contribution is 0.102. The molecule has 0 saturated carbocycles. The predicted molar refractivity (Wildman–Crippen MR) is 99.0 cm³/mol. The molecule has 0 radical (unpaired) electrons. The van der Waals surface area contributed by atoms with E-state index in [9.17, 15) is 13.2 Å². The maximum absolute atomic E-state index is 12.5. The Kier molecular flexibility index (Phi) is 6.73. The topological polar surface area (TPSA) is 93.7 Å². The van der Waals surface area contributed by atoms with Gasteiger partial charge in [0, 0.05) is 18.7 Å². The number of ether oxygens (including phenoxy) is 2. The van der Waals surface area contributed by atoms with Crippen LogP contribution in [-0.2, 0) is 14.8 Å². The molecule has 1 amide bonds. The summed E-state index contributed by atoms with van der Waals surface area (Å²) in [6.45, 7) is 1.94. The maximum atomic E-state index is 12.5. The molecular weight excluding hydrogens is 356 g/mol. The SMILES string of the molecule is COC[C@H](C)NS(=O)(=O)c1ccc(OC)c(NC(=O)c2ccccc2)c1. The fourth-order valence-corrected chi connectivity index (χ4v) is 3.61. The van der Waals surface area contributed by atoms with E-state index in [0.717, 1.165) is 0 Å². The van der Waals surface area contributed by atoms with Gasteiger partial charge in [0.1, 0.15) is 5.75 Å². The zero-order valence-corrected chi connectivity index (χ0v) is 15.7. The molecule has 0 fully saturated rings. The number of sulfonamides is 1. The molecule has 2 N–H and O–H groups in total. The number of hydrogen-bond donors (Lipinski definition) is 2. The molecule has 2 aromatic rings. The van der Waals surface area contributed by atoms with Gasteiger partial charge in [0.15, 0.2) is 0 Å². The van der Waals surface area contributed by atoms with Crippen LogP contribution >= 0.6 is 0 Å². The van der Waals surface area contributed by atoms with Crippen molar-refractivity contribution in [3.8, 4) is 5.75 Å². The van der Waals surface area contributed by atoms with Crippen LogP contribution in [0.4, 0.5) is 5.69 Å². The summed E-state index contributed by atoms with van der Waals surface area (Å²) >= 11 is 0. The van der Waals surface area contributed by atoms with Crippen molar-refractivity contribution in [1.29, 1.82) is 0 Å². The molecule has 2 aromatic carbocycles. The van der Waals surface area contributed by atoms with Crippen molar-refractivity contribution < 1.29 is 22.7 Å². The highest BCUT2D eigenvalue weighted by molar-refractivity contribution is 7.89. The Bertz CT molecular complexity index is 853. The van der Waals surface area contributed by atoms with Crippen molar-refractivity contribution >= 4 is 21.6 Å². The van der Waals surface area contributed by atoms with E-state index < -0.39 is 16.1 Å². The van der Waals surface area contributed by atoms with Crippen molar-refractivity contribution in [1.82, 2.24) is 4.72 Å². The normalized spacial score (nSPS) is 12.4. The number of hydrogen-bond acceptors (Lipinski definition) is 5. The van der Waals surface area contributed by atoms with Gasteiger partial charge in [-0.05, 0) is 37.3 Å². The van der Waals surface area contributed by atoms with E-state index in [1.807, 2.05) is 0 Å². The first kappa shape index (κ1) is 19.9. The van der Waals surface area contributed by atoms with E-state index in [0.29, 0.717) is 11.3 Å². The van der Waals surface area contributed by atoms with E-state index in [-0.39, 0.29) is 23.1 Å². The number of rotatable bonds is 8. The van der Waals surface area contributed by atoms with Crippen LogP contribution in [0.2, 0.25) is 0 Å². The third-order valence-corrected chi connectivity index (χ3v) is 5.13. The smallest absolute Gasteiger partial charge is 0.255 e. The van der Waals surface area contributed by atoms with Gasteiger partial charge in [-0.25, -0.2) is 13.1 Å². The fraction of sp³-hybridized carbons (Fsp3) is 0.278. The lowest BCUT2D eigenvalue weighted by Gasteiger charge is -2.15. The standard InChI is InChI=1S/C18H22N2O5S/c1-13(12-24-2)20-26(22,23)15-9-10-17(25-3)16(11-15)19-18(21)14-7-5-4-6-8-14/h4-11,13,20H,12H2,1-3H3,(H,19,21)/t13-/m0/s1. The van der Waals surface area contributed by atoms with Crippen LogP contribution in [0, 0.1) is 0 Å². The van der Waals surface area contributed by atoms with Crippen molar-refractivity contribution in [2.75, 3.05) is 26.1 Å². The Morgan fingerprint density at radius 1 is 1.12 bits per heavy atom. The molecule has 140 valence electrons. The average molecular weight is 378 g/mol. The minimum Gasteiger partial charge on any atom is -0.495 e. The zero-order chi connectivity index (χ0) is 19.2. The number of amides is 1. The van der Waals surface area contributed by atoms with Gasteiger partial charge in [0.05, 0.1) is 24.3 Å². The van der Waals surface area contributed by atoms with Crippen LogP contribution in [0.25, 0.3) is 0 Å². The lowest BCUT2D eigenvalue weighted by atomic mass is 10.2. The quantitative estimate of drug-likeness (QED) is 0.735. The second-order valence-corrected chi connectivity index (χ2v) is 7.37. The van der Waals surface area contributed by atoms with E-state index in [1.54, 1.807) is 37.3 Å². The van der Waals surface area contributed by atoms with Crippen LogP contribution in [0.3, 0.4) is 0 Å². The number of anilines is 1. The summed E-state index contributed by atoms with van der Waals surface area (Å²) in [5.74, 6) is -0.00247. The zero-order valence-electron chi connectivity index (χ0n) is 14.9. The highest BCUT2D eigenvalue weighted by Gasteiger charge is 2.20. The molecule has 8 heteroatoms. The van der Waals surface area contributed by atoms with Crippen LogP contribution in [0.5, 0.6) is 5.75 Å². The van der Waals surface area contributed by atoms with E-state index in [2.05, 4.69) is 10.0 Å². The first-order chi connectivity index (χ1) is 12.4. The molecule has 0 heterocycles. The Hall–Kier alpha value is -2.42. The van der Waals surface area contributed by atoms with E-state index in [4.69, 9.17) is 9.47 Å². The summed E-state index contributed by atoms with van der Waals surface area (Å²) in [4.78, 5) is 12.4. The van der Waals surface area contributed by atoms with E-state index in [1.165, 1.54) is 32.4 Å². The molecule has 2 rings (SSSR count). The molecule has 26 heavy (non-hydrogen) atoms. The first-order valence-electron chi connectivity index (χ1n) is 7.93. The number of benzene rings is 2. The predicted octanol–water partition coefficient (Wildman–Crippen LogP) is 2.26. The molecule has 7 nitrogen and oxygen atoms in total. The number of carbonyl (C=O) groups is 1. The van der Waals surface area contributed by atoms with Crippen LogP contribution in [0.1, 0.15) is 17.3 Å². The van der Waals surface area contributed by atoms with Gasteiger partial charge < -0.3 is 14.8 Å². The van der Waals surface area contributed by atoms with Gasteiger partial charge in [-0.1, -0.05) is 18.2 Å². The molecule has 0 spiro atoms. The van der Waals surface area contributed by atoms with Gasteiger partial charge in [0.25, 0.3) is 5.91 Å². The van der Waals surface area contributed by atoms with Gasteiger partial charge in [-0.2, -0.15) is 0 Å². The van der Waals surface area contributed by atoms with Crippen LogP contribution in [-0.4, -0.2) is 41.2 Å². The van der Waals surface area contributed by atoms with Crippen LogP contribution < -0.4 is 14.8 Å². The summed E-state index contributed by atoms with van der Waals surface area (Å²) in [5, 5.41) is 2.69. The van der Waals surface area contributed by atoms with Gasteiger partial charge >= 0.3 is 0 Å². The molecule has 0 aromatic heterocycles. The summed E-state index contributed by atoms with van der Waals surface area (Å²) in [6, 6.07) is 12.5. The molecule has 0 bridgehead atoms. The number of carbonyl (C=O) groups excluding carboxylic acids is 1. The molecular formula is C18H22N2O5S. The van der Waals surface area contributed by atoms with Crippen molar-refractivity contribution in [2.24, 2.45) is 0 Å². The third-order valence-electron chi connectivity index (χ3n) is 3.54. The molecule has 0 saturated heterocycles. The van der Waals surface area contributed by atoms with E-state index >= 15 is 0 Å². The summed E-state index contributed by atoms with van der Waals surface area (Å²) in [7, 11) is -0.826. The fourth-order valence-electron chi connectivity index (χ4n) is 2.35. The first-order valence-corrected chi connectivity index (χ1v) is 9.41. The Labute approximate surface area is 153 Å². The molecule has 0 unspecified atom stereocenters. The second-order valence-electron chi connectivity index (χ2n) is 5.66. The maximum Gasteiger partial charge on any atom is 0.255 e. The summed E-state index contributed by atoms with van der Waals surface area (Å²) in [5.41, 5.74) is 0.721. The summed E-state index contributed by atoms with van der Waals surface area (Å²) < 4.78 is 37.7. The van der Waals surface area contributed by atoms with Crippen LogP contribution in [0.15, 0.2) is 53.4 Å². The minimum absolute atomic E-state index is 0.0182. The Morgan fingerprint density at radius 2 is 1.81 bits per heavy atom. The second kappa shape index (κ2) is 8.79. The third kappa shape index (κ3) is 5.04. The summed E-state index contributed by atoms with van der Waals surface area (Å²) in [6.07, 6.45) is 0. The Balaban J connectivity index is 2.29. The van der Waals surface area contributed by atoms with Crippen molar-refractivity contribution in [3.05, 3.63) is 54.1 Å². The largest absolute Gasteiger partial charge is 0.495 e. The Morgan fingerprint density at radius 3 is 2.42 bits per heavy atom. The molecule has 0 aliphatic rings. The molecule has 0 aliphatic heterocycles. The highest BCUT2D eigenvalue weighted by Crippen LogP contribution is 2.28. The molecule has 1 atom stereocenters. The minimum atomic E-state index is -3.77. The van der Waals surface area contributed by atoms with Crippen molar-refractivity contribution in [2.45, 2.75) is 17.9 Å². The number of methoxy groups -OCH3 is 2. The lowest BCUT2D eigenvalue weighted by Crippen LogP contribution is -2.35. The average Bonchev–Trinajstić information content (AvgIpc) is 2.62.